The molecule has 0 aromatic rings. The molecule has 0 unspecified atom stereocenters. The van der Waals surface area contributed by atoms with Gasteiger partial charge < -0.3 is 18.6 Å². The van der Waals surface area contributed by atoms with Crippen LogP contribution in [0, 0.1) is 0 Å². The Balaban J connectivity index is 4.50. The van der Waals surface area contributed by atoms with Gasteiger partial charge in [0.1, 0.15) is 5.97 Å². The van der Waals surface area contributed by atoms with E-state index in [-0.39, 0.29) is 5.54 Å². The molecule has 0 fully saturated rings. The summed E-state index contributed by atoms with van der Waals surface area (Å²) in [5.74, 6) is -3.24. The average Bonchev–Trinajstić information content (AvgIpc) is 1.80. The zero-order valence-electron chi connectivity index (χ0n) is 4.81. The number of carbonyl (C=O) groups excluding carboxylic acids is 1. The third kappa shape index (κ3) is 4.59. The third-order valence-electron chi connectivity index (χ3n) is 0.492. The van der Waals surface area contributed by atoms with E-state index in [4.69, 9.17) is 11.6 Å². The van der Waals surface area contributed by atoms with Crippen LogP contribution in [0.1, 0.15) is 0 Å². The van der Waals surface area contributed by atoms with Crippen molar-refractivity contribution < 1.29 is 27.1 Å². The second kappa shape index (κ2) is 3.56. The normalized spacial score (nSPS) is 12.7. The Morgan fingerprint density at radius 2 is 2.00 bits per heavy atom. The number of carboxylic acid groups (broad SMARTS) is 1. The lowest BCUT2D eigenvalue weighted by atomic mass is 10.6. The van der Waals surface area contributed by atoms with Crippen molar-refractivity contribution in [2.45, 2.75) is 0 Å². The first-order valence-electron chi connectivity index (χ1n) is 2.04. The maximum atomic E-state index is 9.82. The van der Waals surface area contributed by atoms with E-state index in [1.165, 1.54) is 0 Å². The van der Waals surface area contributed by atoms with E-state index in [0.717, 1.165) is 0 Å². The summed E-state index contributed by atoms with van der Waals surface area (Å²) in [5.41, 5.74) is 0.269. The fourth-order valence-electron chi connectivity index (χ4n) is 0.207. The molecule has 0 radical (unpaired) electrons. The summed E-state index contributed by atoms with van der Waals surface area (Å²) in [6.45, 7) is 0. The van der Waals surface area contributed by atoms with Crippen LogP contribution in [0.5, 0.6) is 0 Å². The highest BCUT2D eigenvalue weighted by molar-refractivity contribution is 7.80. The molecule has 0 aliphatic carbocycles. The van der Waals surface area contributed by atoms with Gasteiger partial charge in [-0.05, 0) is 0 Å². The topological polar surface area (TPSA) is 107 Å². The molecule has 0 aliphatic rings. The van der Waals surface area contributed by atoms with Crippen LogP contribution in [0.15, 0.2) is 11.3 Å². The molecule has 0 spiro atoms. The zero-order chi connectivity index (χ0) is 9.07. The summed E-state index contributed by atoms with van der Waals surface area (Å²) in [6, 6.07) is 0. The van der Waals surface area contributed by atoms with Crippen LogP contribution in [-0.2, 0) is 19.4 Å². The summed E-state index contributed by atoms with van der Waals surface area (Å²) in [4.78, 5) is 9.82. The van der Waals surface area contributed by atoms with E-state index in [1.54, 1.807) is 0 Å². The molecule has 0 rings (SSSR count). The summed E-state index contributed by atoms with van der Waals surface area (Å²) in [6.07, 6.45) is 0. The van der Waals surface area contributed by atoms with Gasteiger partial charge in [-0.1, -0.05) is 11.6 Å². The van der Waals surface area contributed by atoms with Crippen molar-refractivity contribution in [3.8, 4) is 0 Å². The summed E-state index contributed by atoms with van der Waals surface area (Å²) < 4.78 is 32.5. The van der Waals surface area contributed by atoms with E-state index in [0.29, 0.717) is 0 Å². The molecule has 0 saturated carbocycles. The molecule has 64 valence electrons. The molecule has 0 atom stereocenters. The fourth-order valence-corrected chi connectivity index (χ4v) is 0.729. The van der Waals surface area contributed by atoms with Crippen LogP contribution in [0.2, 0.25) is 0 Å². The predicted molar refractivity (Wildman–Crippen MR) is 29.7 cm³/mol. The standard InChI is InChI=1S/C3H3ClO6S/c4-1-2(3(5)6)10-11(7,8)9/h1H,(H,5,6)(H,7,8,9)/p-2/b2-1-. The van der Waals surface area contributed by atoms with Crippen LogP contribution in [0.25, 0.3) is 0 Å². The molecule has 0 aliphatic heterocycles. The van der Waals surface area contributed by atoms with Crippen molar-refractivity contribution in [1.82, 2.24) is 0 Å². The largest absolute Gasteiger partial charge is 0.716 e. The highest BCUT2D eigenvalue weighted by Crippen LogP contribution is 2.01. The second-order valence-electron chi connectivity index (χ2n) is 1.25. The molecular weight excluding hydrogens is 200 g/mol. The number of hydrogen-bond donors (Lipinski definition) is 0. The maximum Gasteiger partial charge on any atom is 0.262 e. The highest BCUT2D eigenvalue weighted by Gasteiger charge is 2.02. The van der Waals surface area contributed by atoms with E-state index >= 15 is 0 Å². The number of rotatable bonds is 3. The first-order chi connectivity index (χ1) is 4.87. The first kappa shape index (κ1) is 10.2. The van der Waals surface area contributed by atoms with Crippen molar-refractivity contribution in [2.75, 3.05) is 0 Å². The summed E-state index contributed by atoms with van der Waals surface area (Å²) in [7, 11) is -5.10. The van der Waals surface area contributed by atoms with Crippen molar-refractivity contribution in [3.05, 3.63) is 11.3 Å². The monoisotopic (exact) mass is 200 g/mol. The molecule has 0 bridgehead atoms. The van der Waals surface area contributed by atoms with Gasteiger partial charge in [-0.15, -0.1) is 0 Å². The average molecular weight is 201 g/mol. The van der Waals surface area contributed by atoms with Gasteiger partial charge in [-0.3, -0.25) is 0 Å². The van der Waals surface area contributed by atoms with Crippen LogP contribution in [0.4, 0.5) is 0 Å². The van der Waals surface area contributed by atoms with Crippen LogP contribution in [-0.4, -0.2) is 18.9 Å². The van der Waals surface area contributed by atoms with Crippen LogP contribution in [0.3, 0.4) is 0 Å². The smallest absolute Gasteiger partial charge is 0.262 e. The minimum absolute atomic E-state index is 0.269. The molecule has 0 amide bonds. The fraction of sp³-hybridized carbons (Fsp3) is 0. The molecule has 0 N–H and O–H groups in total. The van der Waals surface area contributed by atoms with Gasteiger partial charge in [-0.25, -0.2) is 8.42 Å². The zero-order valence-corrected chi connectivity index (χ0v) is 6.39. The Kier molecular flexibility index (Phi) is 3.30. The summed E-state index contributed by atoms with van der Waals surface area (Å²) >= 11 is 4.76. The quantitative estimate of drug-likeness (QED) is 0.232. The molecule has 0 saturated heterocycles. The first-order valence-corrected chi connectivity index (χ1v) is 3.81. The Hall–Kier alpha value is -0.790. The van der Waals surface area contributed by atoms with Gasteiger partial charge in [0.15, 0.2) is 5.76 Å². The molecule has 8 heteroatoms. The minimum atomic E-state index is -5.10. The number of aliphatic carboxylic acids is 1. The van der Waals surface area contributed by atoms with E-state index in [1.807, 2.05) is 0 Å². The summed E-state index contributed by atoms with van der Waals surface area (Å²) in [5, 5.41) is 9.82. The molecule has 0 aromatic carbocycles. The second-order valence-corrected chi connectivity index (χ2v) is 2.45. The van der Waals surface area contributed by atoms with Crippen molar-refractivity contribution >= 4 is 28.0 Å². The predicted octanol–water partition coefficient (Wildman–Crippen LogP) is -1.71. The van der Waals surface area contributed by atoms with Gasteiger partial charge >= 0.3 is 0 Å². The van der Waals surface area contributed by atoms with Crippen molar-refractivity contribution in [1.29, 1.82) is 0 Å². The lowest BCUT2D eigenvalue weighted by Crippen LogP contribution is -2.26. The van der Waals surface area contributed by atoms with Gasteiger partial charge in [0, 0.05) is 0 Å². The van der Waals surface area contributed by atoms with Crippen molar-refractivity contribution in [3.63, 3.8) is 0 Å². The lowest BCUT2D eigenvalue weighted by molar-refractivity contribution is -0.302. The number of halogens is 1. The highest BCUT2D eigenvalue weighted by atomic mass is 35.5. The molecule has 11 heavy (non-hydrogen) atoms. The Morgan fingerprint density at radius 1 is 1.55 bits per heavy atom. The van der Waals surface area contributed by atoms with Crippen molar-refractivity contribution in [2.24, 2.45) is 0 Å². The van der Waals surface area contributed by atoms with Gasteiger partial charge in [0.2, 0.25) is 0 Å². The molecular formula is C3HClO6S-2. The molecule has 6 nitrogen and oxygen atoms in total. The SMILES string of the molecule is O=C([O-])/C(=C/Cl)OS(=O)(=O)[O-]. The number of carbonyl (C=O) groups is 1. The maximum absolute atomic E-state index is 9.82. The van der Waals surface area contributed by atoms with E-state index in [9.17, 15) is 22.9 Å². The van der Waals surface area contributed by atoms with Gasteiger partial charge in [0.25, 0.3) is 10.4 Å². The minimum Gasteiger partial charge on any atom is -0.716 e. The Labute approximate surface area is 67.0 Å². The molecule has 0 heterocycles. The van der Waals surface area contributed by atoms with E-state index in [2.05, 4.69) is 4.18 Å². The molecule has 0 aromatic heterocycles. The Bertz CT molecular complexity index is 276. The van der Waals surface area contributed by atoms with Gasteiger partial charge in [-0.2, -0.15) is 0 Å². The van der Waals surface area contributed by atoms with Crippen LogP contribution >= 0.6 is 11.6 Å². The number of carboxylic acids is 1. The lowest BCUT2D eigenvalue weighted by Gasteiger charge is -2.11. The third-order valence-corrected chi connectivity index (χ3v) is 1.07. The van der Waals surface area contributed by atoms with E-state index < -0.39 is 22.1 Å². The van der Waals surface area contributed by atoms with Crippen LogP contribution < -0.4 is 5.11 Å². The van der Waals surface area contributed by atoms with Gasteiger partial charge in [0.05, 0.1) is 5.54 Å². The Morgan fingerprint density at radius 3 is 2.09 bits per heavy atom. The number of hydrogen-bond acceptors (Lipinski definition) is 6.